The molecule has 2 aromatic carbocycles. The van der Waals surface area contributed by atoms with Gasteiger partial charge in [0.1, 0.15) is 0 Å². The largest absolute Gasteiger partial charge is 0.493 e. The number of benzene rings is 2. The van der Waals surface area contributed by atoms with Gasteiger partial charge in [0.2, 0.25) is 0 Å². The maximum atomic E-state index is 14.0. The summed E-state index contributed by atoms with van der Waals surface area (Å²) in [5.74, 6) is -0.218. The van der Waals surface area contributed by atoms with Gasteiger partial charge in [0, 0.05) is 4.47 Å². The zero-order valence-corrected chi connectivity index (χ0v) is 27.7. The van der Waals surface area contributed by atoms with Gasteiger partial charge in [-0.25, -0.2) is 14.6 Å². The minimum Gasteiger partial charge on any atom is -0.493 e. The van der Waals surface area contributed by atoms with E-state index in [9.17, 15) is 14.4 Å². The summed E-state index contributed by atoms with van der Waals surface area (Å²) in [5, 5.41) is 9.00. The average Bonchev–Trinajstić information content (AvgIpc) is 3.25. The molecule has 1 aliphatic rings. The van der Waals surface area contributed by atoms with Crippen molar-refractivity contribution in [1.82, 2.24) is 4.57 Å². The fourth-order valence-electron chi connectivity index (χ4n) is 4.41. The van der Waals surface area contributed by atoms with Crippen LogP contribution in [-0.2, 0) is 14.3 Å². The number of carboxylic acid groups (broad SMARTS) is 1. The van der Waals surface area contributed by atoms with Crippen molar-refractivity contribution < 1.29 is 38.4 Å². The third-order valence-electron chi connectivity index (χ3n) is 6.20. The van der Waals surface area contributed by atoms with Gasteiger partial charge < -0.3 is 28.8 Å². The number of aliphatic carboxylic acids is 1. The standard InChI is InChI=1S/C28H26BrIN2O9S/c1-6-40-27(36)23-13(2)31-28-32(24(23)15-10-18(37-3)19(38-4)11-16(15)29)26(35)21(42-28)9-14-7-17(30)25(20(8-14)39-5)41-12-22(33)34/h7-11,24H,6,12H2,1-5H3,(H,33,34)/b21-9-/t24-/m1/s1. The van der Waals surface area contributed by atoms with E-state index in [4.69, 9.17) is 28.8 Å². The van der Waals surface area contributed by atoms with Crippen molar-refractivity contribution in [3.05, 3.63) is 74.4 Å². The van der Waals surface area contributed by atoms with Crippen molar-refractivity contribution in [2.75, 3.05) is 34.5 Å². The predicted molar refractivity (Wildman–Crippen MR) is 166 cm³/mol. The quantitative estimate of drug-likeness (QED) is 0.242. The van der Waals surface area contributed by atoms with Crippen LogP contribution in [0.3, 0.4) is 0 Å². The van der Waals surface area contributed by atoms with Crippen LogP contribution < -0.4 is 33.8 Å². The van der Waals surface area contributed by atoms with E-state index in [2.05, 4.69) is 20.9 Å². The zero-order chi connectivity index (χ0) is 30.7. The lowest BCUT2D eigenvalue weighted by molar-refractivity contribution is -0.140. The second-order valence-electron chi connectivity index (χ2n) is 8.75. The molecule has 1 N–H and O–H groups in total. The third kappa shape index (κ3) is 6.20. The van der Waals surface area contributed by atoms with Crippen LogP contribution in [-0.4, -0.2) is 56.2 Å². The second kappa shape index (κ2) is 13.3. The minimum absolute atomic E-state index is 0.145. The van der Waals surface area contributed by atoms with Gasteiger partial charge in [0.05, 0.1) is 53.4 Å². The van der Waals surface area contributed by atoms with E-state index in [1.54, 1.807) is 44.2 Å². The predicted octanol–water partition coefficient (Wildman–Crippen LogP) is 3.65. The number of allylic oxidation sites excluding steroid dienone is 1. The molecule has 0 saturated carbocycles. The van der Waals surface area contributed by atoms with Crippen molar-refractivity contribution in [2.45, 2.75) is 19.9 Å². The van der Waals surface area contributed by atoms with Crippen LogP contribution in [0.15, 0.2) is 49.8 Å². The summed E-state index contributed by atoms with van der Waals surface area (Å²) in [6, 6.07) is 5.94. The van der Waals surface area contributed by atoms with Gasteiger partial charge in [-0.3, -0.25) is 9.36 Å². The lowest BCUT2D eigenvalue weighted by atomic mass is 9.95. The molecule has 0 fully saturated rings. The van der Waals surface area contributed by atoms with Crippen LogP contribution in [0.25, 0.3) is 6.08 Å². The van der Waals surface area contributed by atoms with Crippen molar-refractivity contribution in [3.63, 3.8) is 0 Å². The molecule has 42 heavy (non-hydrogen) atoms. The Hall–Kier alpha value is -3.37. The van der Waals surface area contributed by atoms with E-state index in [-0.39, 0.29) is 23.5 Å². The molecule has 0 saturated heterocycles. The number of fused-ring (bicyclic) bond motifs is 1. The van der Waals surface area contributed by atoms with Gasteiger partial charge in [-0.05, 0) is 77.9 Å². The van der Waals surface area contributed by atoms with Crippen LogP contribution in [0.1, 0.15) is 31.0 Å². The Labute approximate surface area is 266 Å². The van der Waals surface area contributed by atoms with Crippen LogP contribution >= 0.6 is 49.9 Å². The lowest BCUT2D eigenvalue weighted by Crippen LogP contribution is -2.40. The van der Waals surface area contributed by atoms with Gasteiger partial charge in [-0.15, -0.1) is 0 Å². The number of carbonyl (C=O) groups excluding carboxylic acids is 1. The number of ether oxygens (including phenoxy) is 5. The van der Waals surface area contributed by atoms with E-state index in [1.807, 2.05) is 22.6 Å². The highest BCUT2D eigenvalue weighted by molar-refractivity contribution is 14.1. The Kier molecular flexibility index (Phi) is 9.99. The number of thiazole rings is 1. The molecule has 0 spiro atoms. The van der Waals surface area contributed by atoms with E-state index in [0.29, 0.717) is 51.4 Å². The van der Waals surface area contributed by atoms with Crippen molar-refractivity contribution >= 4 is 67.9 Å². The first-order valence-electron chi connectivity index (χ1n) is 12.4. The fourth-order valence-corrected chi connectivity index (χ4v) is 6.78. The molecule has 0 aliphatic carbocycles. The molecule has 4 rings (SSSR count). The summed E-state index contributed by atoms with van der Waals surface area (Å²) < 4.78 is 30.1. The van der Waals surface area contributed by atoms with E-state index >= 15 is 0 Å². The maximum absolute atomic E-state index is 14.0. The Balaban J connectivity index is 1.94. The van der Waals surface area contributed by atoms with Crippen LogP contribution in [0.2, 0.25) is 0 Å². The number of nitrogens with zero attached hydrogens (tertiary/aromatic N) is 2. The van der Waals surface area contributed by atoms with Crippen LogP contribution in [0.4, 0.5) is 0 Å². The van der Waals surface area contributed by atoms with E-state index in [1.165, 1.54) is 37.2 Å². The molecule has 1 aliphatic heterocycles. The smallest absolute Gasteiger partial charge is 0.341 e. The normalized spacial score (nSPS) is 14.6. The van der Waals surface area contributed by atoms with Gasteiger partial charge in [-0.1, -0.05) is 27.3 Å². The van der Waals surface area contributed by atoms with Gasteiger partial charge in [0.25, 0.3) is 5.56 Å². The van der Waals surface area contributed by atoms with Gasteiger partial charge >= 0.3 is 11.9 Å². The monoisotopic (exact) mass is 772 g/mol. The molecule has 0 bridgehead atoms. The first-order valence-corrected chi connectivity index (χ1v) is 15.1. The summed E-state index contributed by atoms with van der Waals surface area (Å²) in [6.07, 6.45) is 1.68. The summed E-state index contributed by atoms with van der Waals surface area (Å²) in [7, 11) is 4.46. The summed E-state index contributed by atoms with van der Waals surface area (Å²) >= 11 is 6.77. The molecule has 0 radical (unpaired) electrons. The SMILES string of the molecule is CCOC(=O)C1=C(C)N=c2s/c(=C\c3cc(I)c(OCC(=O)O)c(OC)c3)c(=O)n2[C@@H]1c1cc(OC)c(OC)cc1Br. The van der Waals surface area contributed by atoms with Crippen molar-refractivity contribution in [2.24, 2.45) is 4.99 Å². The number of halogens is 2. The summed E-state index contributed by atoms with van der Waals surface area (Å²) in [6.45, 7) is 3.02. The molecule has 2 heterocycles. The average molecular weight is 773 g/mol. The number of hydrogen-bond acceptors (Lipinski definition) is 10. The van der Waals surface area contributed by atoms with Gasteiger partial charge in [0.15, 0.2) is 34.4 Å². The highest BCUT2D eigenvalue weighted by atomic mass is 127. The van der Waals surface area contributed by atoms with E-state index < -0.39 is 24.6 Å². The number of rotatable bonds is 10. The summed E-state index contributed by atoms with van der Waals surface area (Å²) in [5.41, 5.74) is 1.46. The highest BCUT2D eigenvalue weighted by Gasteiger charge is 2.35. The van der Waals surface area contributed by atoms with Crippen LogP contribution in [0.5, 0.6) is 23.0 Å². The topological polar surface area (TPSA) is 135 Å². The molecule has 0 unspecified atom stereocenters. The Morgan fingerprint density at radius 2 is 1.79 bits per heavy atom. The number of carboxylic acids is 1. The zero-order valence-electron chi connectivity index (χ0n) is 23.2. The third-order valence-corrected chi connectivity index (χ3v) is 8.67. The molecule has 1 atom stereocenters. The first-order chi connectivity index (χ1) is 20.0. The number of methoxy groups -OCH3 is 3. The molecule has 11 nitrogen and oxygen atoms in total. The molecular weight excluding hydrogens is 747 g/mol. The number of esters is 1. The minimum atomic E-state index is -1.12. The molecule has 0 amide bonds. The molecular formula is C28H26BrIN2O9S. The molecule has 1 aromatic heterocycles. The highest BCUT2D eigenvalue weighted by Crippen LogP contribution is 2.41. The first kappa shape index (κ1) is 31.6. The molecule has 222 valence electrons. The second-order valence-corrected chi connectivity index (χ2v) is 11.8. The number of hydrogen-bond donors (Lipinski definition) is 1. The van der Waals surface area contributed by atoms with Crippen molar-refractivity contribution in [3.8, 4) is 23.0 Å². The number of carbonyl (C=O) groups is 2. The molecule has 14 heteroatoms. The van der Waals surface area contributed by atoms with Crippen LogP contribution in [0, 0.1) is 3.57 Å². The van der Waals surface area contributed by atoms with Crippen molar-refractivity contribution in [1.29, 1.82) is 0 Å². The Bertz CT molecular complexity index is 1780. The lowest BCUT2D eigenvalue weighted by Gasteiger charge is -2.26. The number of aromatic nitrogens is 1. The Morgan fingerprint density at radius 3 is 2.40 bits per heavy atom. The maximum Gasteiger partial charge on any atom is 0.341 e. The summed E-state index contributed by atoms with van der Waals surface area (Å²) in [4.78, 5) is 43.3. The molecule has 3 aromatic rings. The fraction of sp³-hybridized carbons (Fsp3) is 0.286. The Morgan fingerprint density at radius 1 is 1.12 bits per heavy atom. The van der Waals surface area contributed by atoms with Gasteiger partial charge in [-0.2, -0.15) is 0 Å². The van der Waals surface area contributed by atoms with E-state index in [0.717, 1.165) is 0 Å².